The zero-order chi connectivity index (χ0) is 20.7. The van der Waals surface area contributed by atoms with Crippen molar-refractivity contribution < 1.29 is 23.9 Å². The van der Waals surface area contributed by atoms with Crippen molar-refractivity contribution in [2.75, 3.05) is 33.2 Å². The van der Waals surface area contributed by atoms with Crippen molar-refractivity contribution in [3.8, 4) is 17.2 Å². The number of ether oxygens (including phenoxy) is 3. The van der Waals surface area contributed by atoms with Crippen molar-refractivity contribution >= 4 is 11.6 Å². The van der Waals surface area contributed by atoms with E-state index in [0.29, 0.717) is 36.1 Å². The highest BCUT2D eigenvalue weighted by Gasteiger charge is 2.24. The number of anilines is 1. The molecule has 152 valence electrons. The molecule has 1 amide bonds. The number of carbonyl (C=O) groups is 1. The van der Waals surface area contributed by atoms with Crippen molar-refractivity contribution in [2.45, 2.75) is 33.4 Å². The number of rotatable bonds is 9. The van der Waals surface area contributed by atoms with Gasteiger partial charge in [0.05, 0.1) is 33.6 Å². The summed E-state index contributed by atoms with van der Waals surface area (Å²) in [5, 5.41) is 2.99. The van der Waals surface area contributed by atoms with Crippen LogP contribution in [0.3, 0.4) is 0 Å². The molecule has 0 fully saturated rings. The molecule has 0 saturated carbocycles. The molecule has 0 spiro atoms. The summed E-state index contributed by atoms with van der Waals surface area (Å²) in [6.45, 7) is 7.11. The Morgan fingerprint density at radius 2 is 1.75 bits per heavy atom. The molecule has 1 unspecified atom stereocenters. The van der Waals surface area contributed by atoms with E-state index in [9.17, 15) is 4.79 Å². The van der Waals surface area contributed by atoms with Crippen LogP contribution in [0.15, 0.2) is 36.4 Å². The molecule has 28 heavy (non-hydrogen) atoms. The van der Waals surface area contributed by atoms with Gasteiger partial charge in [-0.05, 0) is 50.6 Å². The molecule has 0 aliphatic rings. The molecule has 0 bridgehead atoms. The van der Waals surface area contributed by atoms with Gasteiger partial charge in [-0.25, -0.2) is 0 Å². The van der Waals surface area contributed by atoms with E-state index in [0.717, 1.165) is 16.0 Å². The average molecular weight is 388 g/mol. The fourth-order valence-electron chi connectivity index (χ4n) is 2.98. The molecule has 2 aromatic rings. The van der Waals surface area contributed by atoms with Crippen molar-refractivity contribution in [2.24, 2.45) is 0 Å². The van der Waals surface area contributed by atoms with Gasteiger partial charge in [0, 0.05) is 5.56 Å². The fourth-order valence-corrected chi connectivity index (χ4v) is 2.98. The minimum atomic E-state index is -0.248. The standard InChI is InChI=1S/C22H30N2O4/c1-7-28-19-11-9-8-10-18(19)23-22(25)16(3)24(4)14-17-13-21(27-6)20(26-5)12-15(17)2/h8-13,16H,7,14H2,1-6H3,(H,23,25)/p+1/t16-/m0/s1. The summed E-state index contributed by atoms with van der Waals surface area (Å²) in [7, 11) is 5.26. The SMILES string of the molecule is CCOc1ccccc1NC(=O)[C@H](C)[NH+](C)Cc1cc(OC)c(OC)cc1C. The van der Waals surface area contributed by atoms with Crippen LogP contribution in [0, 0.1) is 6.92 Å². The molecule has 2 aromatic carbocycles. The number of hydrogen-bond donors (Lipinski definition) is 2. The molecule has 2 N–H and O–H groups in total. The van der Waals surface area contributed by atoms with E-state index < -0.39 is 0 Å². The number of methoxy groups -OCH3 is 2. The Hall–Kier alpha value is -2.73. The summed E-state index contributed by atoms with van der Waals surface area (Å²) >= 11 is 0. The lowest BCUT2D eigenvalue weighted by Crippen LogP contribution is -3.12. The quantitative estimate of drug-likeness (QED) is 0.694. The van der Waals surface area contributed by atoms with Crippen LogP contribution in [-0.4, -0.2) is 39.8 Å². The third-order valence-corrected chi connectivity index (χ3v) is 4.89. The van der Waals surface area contributed by atoms with Crippen molar-refractivity contribution in [3.05, 3.63) is 47.5 Å². The van der Waals surface area contributed by atoms with Gasteiger partial charge in [0.25, 0.3) is 5.91 Å². The van der Waals surface area contributed by atoms with Gasteiger partial charge in [-0.1, -0.05) is 12.1 Å². The van der Waals surface area contributed by atoms with E-state index in [1.54, 1.807) is 14.2 Å². The second-order valence-electron chi connectivity index (χ2n) is 6.80. The monoisotopic (exact) mass is 387 g/mol. The second-order valence-corrected chi connectivity index (χ2v) is 6.80. The predicted molar refractivity (Wildman–Crippen MR) is 111 cm³/mol. The van der Waals surface area contributed by atoms with Gasteiger partial charge in [-0.15, -0.1) is 0 Å². The molecule has 0 aliphatic carbocycles. The topological polar surface area (TPSA) is 61.2 Å². The highest BCUT2D eigenvalue weighted by molar-refractivity contribution is 5.94. The van der Waals surface area contributed by atoms with Crippen molar-refractivity contribution in [1.29, 1.82) is 0 Å². The van der Waals surface area contributed by atoms with Crippen LogP contribution in [-0.2, 0) is 11.3 Å². The number of hydrogen-bond acceptors (Lipinski definition) is 4. The molecule has 0 aliphatic heterocycles. The van der Waals surface area contributed by atoms with Gasteiger partial charge < -0.3 is 24.4 Å². The number of para-hydroxylation sites is 2. The lowest BCUT2D eigenvalue weighted by Gasteiger charge is -2.23. The van der Waals surface area contributed by atoms with Crippen molar-refractivity contribution in [3.63, 3.8) is 0 Å². The highest BCUT2D eigenvalue weighted by Crippen LogP contribution is 2.30. The smallest absolute Gasteiger partial charge is 0.282 e. The van der Waals surface area contributed by atoms with Gasteiger partial charge in [0.2, 0.25) is 0 Å². The Morgan fingerprint density at radius 3 is 2.39 bits per heavy atom. The van der Waals surface area contributed by atoms with E-state index in [-0.39, 0.29) is 11.9 Å². The molecule has 0 radical (unpaired) electrons. The Balaban J connectivity index is 2.10. The maximum atomic E-state index is 12.8. The summed E-state index contributed by atoms with van der Waals surface area (Å²) in [6.07, 6.45) is 0. The number of quaternary nitrogens is 1. The number of aryl methyl sites for hydroxylation is 1. The molecule has 6 nitrogen and oxygen atoms in total. The summed E-state index contributed by atoms with van der Waals surface area (Å²) < 4.78 is 16.4. The lowest BCUT2D eigenvalue weighted by molar-refractivity contribution is -0.907. The summed E-state index contributed by atoms with van der Waals surface area (Å²) in [5.41, 5.74) is 2.91. The summed E-state index contributed by atoms with van der Waals surface area (Å²) in [4.78, 5) is 13.8. The van der Waals surface area contributed by atoms with Gasteiger partial charge in [-0.3, -0.25) is 4.79 Å². The first-order valence-corrected chi connectivity index (χ1v) is 9.47. The molecule has 6 heteroatoms. The lowest BCUT2D eigenvalue weighted by atomic mass is 10.1. The molecule has 2 atom stereocenters. The summed E-state index contributed by atoms with van der Waals surface area (Å²) in [5.74, 6) is 2.03. The predicted octanol–water partition coefficient (Wildman–Crippen LogP) is 2.45. The molecule has 0 saturated heterocycles. The third-order valence-electron chi connectivity index (χ3n) is 4.89. The van der Waals surface area contributed by atoms with Crippen LogP contribution < -0.4 is 24.4 Å². The van der Waals surface area contributed by atoms with E-state index in [2.05, 4.69) is 5.32 Å². The Labute approximate surface area is 167 Å². The Morgan fingerprint density at radius 1 is 1.11 bits per heavy atom. The van der Waals surface area contributed by atoms with Crippen LogP contribution in [0.5, 0.6) is 17.2 Å². The summed E-state index contributed by atoms with van der Waals surface area (Å²) in [6, 6.07) is 11.2. The van der Waals surface area contributed by atoms with Crippen LogP contribution in [0.4, 0.5) is 5.69 Å². The average Bonchev–Trinajstić information content (AvgIpc) is 2.70. The van der Waals surface area contributed by atoms with Crippen molar-refractivity contribution in [1.82, 2.24) is 0 Å². The molecule has 0 aromatic heterocycles. The first-order valence-electron chi connectivity index (χ1n) is 9.47. The molecule has 2 rings (SSSR count). The first kappa shape index (κ1) is 21.6. The largest absolute Gasteiger partial charge is 0.493 e. The number of carbonyl (C=O) groups excluding carboxylic acids is 1. The number of amides is 1. The normalized spacial score (nSPS) is 12.8. The third kappa shape index (κ3) is 5.16. The zero-order valence-electron chi connectivity index (χ0n) is 17.6. The Bertz CT molecular complexity index is 807. The van der Waals surface area contributed by atoms with Crippen LogP contribution in [0.1, 0.15) is 25.0 Å². The van der Waals surface area contributed by atoms with Gasteiger partial charge in [0.1, 0.15) is 12.3 Å². The zero-order valence-corrected chi connectivity index (χ0v) is 17.6. The number of likely N-dealkylation sites (N-methyl/N-ethyl adjacent to an activating group) is 1. The van der Waals surface area contributed by atoms with E-state index in [4.69, 9.17) is 14.2 Å². The van der Waals surface area contributed by atoms with Crippen LogP contribution >= 0.6 is 0 Å². The highest BCUT2D eigenvalue weighted by atomic mass is 16.5. The maximum Gasteiger partial charge on any atom is 0.282 e. The first-order chi connectivity index (χ1) is 13.4. The van der Waals surface area contributed by atoms with E-state index >= 15 is 0 Å². The number of benzene rings is 2. The second kappa shape index (κ2) is 9.99. The minimum Gasteiger partial charge on any atom is -0.493 e. The van der Waals surface area contributed by atoms with Crippen LogP contribution in [0.25, 0.3) is 0 Å². The molecule has 0 heterocycles. The van der Waals surface area contributed by atoms with Crippen LogP contribution in [0.2, 0.25) is 0 Å². The van der Waals surface area contributed by atoms with Gasteiger partial charge in [-0.2, -0.15) is 0 Å². The molecular weight excluding hydrogens is 356 g/mol. The van der Waals surface area contributed by atoms with Gasteiger partial charge in [0.15, 0.2) is 17.5 Å². The molecular formula is C22H31N2O4+. The van der Waals surface area contributed by atoms with E-state index in [1.165, 1.54) is 0 Å². The number of nitrogens with one attached hydrogen (secondary N) is 2. The fraction of sp³-hybridized carbons (Fsp3) is 0.409. The van der Waals surface area contributed by atoms with Gasteiger partial charge >= 0.3 is 0 Å². The minimum absolute atomic E-state index is 0.0530. The Kier molecular flexibility index (Phi) is 7.70. The van der Waals surface area contributed by atoms with E-state index in [1.807, 2.05) is 64.2 Å². The maximum absolute atomic E-state index is 12.8.